The Labute approximate surface area is 180 Å². The average Bonchev–Trinajstić information content (AvgIpc) is 2.91. The SMILES string of the molecule is CCN1C(=O)c2cc(NC(=O)NCc3ccc(OC)cc3)ccc2Oc2ccccc21. The topological polar surface area (TPSA) is 79.9 Å². The second-order valence-electron chi connectivity index (χ2n) is 6.99. The van der Waals surface area contributed by atoms with Crippen LogP contribution in [0.3, 0.4) is 0 Å². The van der Waals surface area contributed by atoms with Gasteiger partial charge in [0.05, 0.1) is 18.4 Å². The fourth-order valence-corrected chi connectivity index (χ4v) is 3.42. The van der Waals surface area contributed by atoms with Crippen LogP contribution in [0.2, 0.25) is 0 Å². The van der Waals surface area contributed by atoms with E-state index < -0.39 is 0 Å². The van der Waals surface area contributed by atoms with Gasteiger partial charge < -0.3 is 25.0 Å². The molecule has 3 aromatic carbocycles. The number of anilines is 2. The van der Waals surface area contributed by atoms with E-state index in [4.69, 9.17) is 9.47 Å². The molecule has 3 aromatic rings. The fraction of sp³-hybridized carbons (Fsp3) is 0.167. The maximum atomic E-state index is 13.1. The van der Waals surface area contributed by atoms with Crippen molar-refractivity contribution in [3.05, 3.63) is 77.9 Å². The zero-order chi connectivity index (χ0) is 21.8. The monoisotopic (exact) mass is 417 g/mol. The highest BCUT2D eigenvalue weighted by molar-refractivity contribution is 6.10. The summed E-state index contributed by atoms with van der Waals surface area (Å²) in [4.78, 5) is 27.2. The van der Waals surface area contributed by atoms with E-state index in [0.717, 1.165) is 17.0 Å². The first-order chi connectivity index (χ1) is 15.1. The molecule has 0 radical (unpaired) electrons. The van der Waals surface area contributed by atoms with Crippen LogP contribution in [-0.4, -0.2) is 25.6 Å². The zero-order valence-electron chi connectivity index (χ0n) is 17.3. The van der Waals surface area contributed by atoms with Gasteiger partial charge in [-0.3, -0.25) is 4.79 Å². The van der Waals surface area contributed by atoms with Crippen LogP contribution in [0.4, 0.5) is 16.2 Å². The van der Waals surface area contributed by atoms with Crippen molar-refractivity contribution in [2.75, 3.05) is 23.9 Å². The van der Waals surface area contributed by atoms with Gasteiger partial charge in [-0.2, -0.15) is 0 Å². The summed E-state index contributed by atoms with van der Waals surface area (Å²) in [5.41, 5.74) is 2.56. The molecule has 4 rings (SSSR count). The lowest BCUT2D eigenvalue weighted by atomic mass is 10.1. The van der Waals surface area contributed by atoms with Crippen molar-refractivity contribution < 1.29 is 19.1 Å². The van der Waals surface area contributed by atoms with Crippen LogP contribution >= 0.6 is 0 Å². The number of hydrogen-bond acceptors (Lipinski definition) is 4. The van der Waals surface area contributed by atoms with Crippen molar-refractivity contribution in [1.29, 1.82) is 0 Å². The fourth-order valence-electron chi connectivity index (χ4n) is 3.42. The quantitative estimate of drug-likeness (QED) is 0.626. The molecule has 7 heteroatoms. The Morgan fingerprint density at radius 1 is 1.03 bits per heavy atom. The van der Waals surface area contributed by atoms with Crippen LogP contribution in [0.1, 0.15) is 22.8 Å². The van der Waals surface area contributed by atoms with E-state index in [2.05, 4.69) is 10.6 Å². The Bertz CT molecular complexity index is 1110. The van der Waals surface area contributed by atoms with Gasteiger partial charge in [-0.1, -0.05) is 24.3 Å². The number of nitrogens with zero attached hydrogens (tertiary/aromatic N) is 1. The Hall–Kier alpha value is -4.00. The van der Waals surface area contributed by atoms with E-state index in [1.165, 1.54) is 0 Å². The highest BCUT2D eigenvalue weighted by atomic mass is 16.5. The molecule has 3 amide bonds. The van der Waals surface area contributed by atoms with Crippen LogP contribution in [0.25, 0.3) is 0 Å². The Balaban J connectivity index is 1.48. The Morgan fingerprint density at radius 2 is 1.81 bits per heavy atom. The maximum absolute atomic E-state index is 13.1. The van der Waals surface area contributed by atoms with Crippen molar-refractivity contribution in [1.82, 2.24) is 5.32 Å². The number of ether oxygens (including phenoxy) is 2. The van der Waals surface area contributed by atoms with Gasteiger partial charge in [0.15, 0.2) is 5.75 Å². The molecule has 0 aromatic heterocycles. The predicted molar refractivity (Wildman–Crippen MR) is 119 cm³/mol. The summed E-state index contributed by atoms with van der Waals surface area (Å²) < 4.78 is 11.1. The summed E-state index contributed by atoms with van der Waals surface area (Å²) in [6.07, 6.45) is 0. The van der Waals surface area contributed by atoms with E-state index in [1.807, 2.05) is 55.5 Å². The third-order valence-electron chi connectivity index (χ3n) is 5.02. The number of rotatable bonds is 5. The molecule has 0 saturated carbocycles. The summed E-state index contributed by atoms with van der Waals surface area (Å²) in [5, 5.41) is 5.58. The second-order valence-corrected chi connectivity index (χ2v) is 6.99. The minimum atomic E-state index is -0.367. The van der Waals surface area contributed by atoms with E-state index >= 15 is 0 Å². The maximum Gasteiger partial charge on any atom is 0.319 e. The second kappa shape index (κ2) is 8.79. The molecule has 7 nitrogen and oxygen atoms in total. The van der Waals surface area contributed by atoms with Crippen molar-refractivity contribution in [3.63, 3.8) is 0 Å². The van der Waals surface area contributed by atoms with Crippen molar-refractivity contribution in [2.24, 2.45) is 0 Å². The van der Waals surface area contributed by atoms with Gasteiger partial charge in [0.25, 0.3) is 5.91 Å². The lowest BCUT2D eigenvalue weighted by molar-refractivity contribution is 0.0988. The predicted octanol–water partition coefficient (Wildman–Crippen LogP) is 4.79. The van der Waals surface area contributed by atoms with E-state index in [1.54, 1.807) is 30.2 Å². The lowest BCUT2D eigenvalue weighted by Crippen LogP contribution is -2.30. The Morgan fingerprint density at radius 3 is 2.55 bits per heavy atom. The lowest BCUT2D eigenvalue weighted by Gasteiger charge is -2.19. The van der Waals surface area contributed by atoms with Crippen LogP contribution in [0.5, 0.6) is 17.2 Å². The van der Waals surface area contributed by atoms with E-state index in [0.29, 0.717) is 35.8 Å². The third kappa shape index (κ3) is 4.30. The highest BCUT2D eigenvalue weighted by Gasteiger charge is 2.27. The largest absolute Gasteiger partial charge is 0.497 e. The summed E-state index contributed by atoms with van der Waals surface area (Å²) in [6, 6.07) is 19.5. The molecular weight excluding hydrogens is 394 g/mol. The van der Waals surface area contributed by atoms with Crippen LogP contribution in [0, 0.1) is 0 Å². The number of carbonyl (C=O) groups is 2. The highest BCUT2D eigenvalue weighted by Crippen LogP contribution is 2.39. The number of amides is 3. The molecule has 2 N–H and O–H groups in total. The number of hydrogen-bond donors (Lipinski definition) is 2. The van der Waals surface area contributed by atoms with Gasteiger partial charge >= 0.3 is 6.03 Å². The summed E-state index contributed by atoms with van der Waals surface area (Å²) >= 11 is 0. The molecule has 0 saturated heterocycles. The minimum absolute atomic E-state index is 0.176. The third-order valence-corrected chi connectivity index (χ3v) is 5.02. The number of benzene rings is 3. The van der Waals surface area contributed by atoms with Gasteiger partial charge in [0, 0.05) is 18.8 Å². The Kier molecular flexibility index (Phi) is 5.75. The van der Waals surface area contributed by atoms with Gasteiger partial charge in [-0.15, -0.1) is 0 Å². The van der Waals surface area contributed by atoms with Crippen LogP contribution in [-0.2, 0) is 6.54 Å². The summed E-state index contributed by atoms with van der Waals surface area (Å²) in [7, 11) is 1.61. The number of methoxy groups -OCH3 is 1. The first-order valence-corrected chi connectivity index (χ1v) is 9.99. The number of fused-ring (bicyclic) bond motifs is 2. The molecule has 0 atom stereocenters. The van der Waals surface area contributed by atoms with E-state index in [-0.39, 0.29) is 11.9 Å². The molecular formula is C24H23N3O4. The average molecular weight is 417 g/mol. The number of nitrogens with one attached hydrogen (secondary N) is 2. The molecule has 158 valence electrons. The van der Waals surface area contributed by atoms with Gasteiger partial charge in [0.1, 0.15) is 11.5 Å². The number of urea groups is 1. The molecule has 31 heavy (non-hydrogen) atoms. The van der Waals surface area contributed by atoms with Gasteiger partial charge in [0.2, 0.25) is 0 Å². The normalized spacial score (nSPS) is 12.2. The standard InChI is InChI=1S/C24H23N3O4/c1-3-27-20-6-4-5-7-22(20)31-21-13-10-17(14-19(21)23(27)28)26-24(29)25-15-16-8-11-18(30-2)12-9-16/h4-14H,3,15H2,1-2H3,(H2,25,26,29). The molecule has 0 fully saturated rings. The first-order valence-electron chi connectivity index (χ1n) is 9.99. The summed E-state index contributed by atoms with van der Waals surface area (Å²) in [5.74, 6) is 1.66. The molecule has 0 aliphatic carbocycles. The van der Waals surface area contributed by atoms with Gasteiger partial charge in [-0.25, -0.2) is 4.79 Å². The smallest absolute Gasteiger partial charge is 0.319 e. The number of carbonyl (C=O) groups excluding carboxylic acids is 2. The van der Waals surface area contributed by atoms with Crippen molar-refractivity contribution >= 4 is 23.3 Å². The molecule has 1 aliphatic heterocycles. The first kappa shape index (κ1) is 20.3. The van der Waals surface area contributed by atoms with Crippen molar-refractivity contribution in [3.8, 4) is 17.2 Å². The minimum Gasteiger partial charge on any atom is -0.497 e. The van der Waals surface area contributed by atoms with Crippen molar-refractivity contribution in [2.45, 2.75) is 13.5 Å². The van der Waals surface area contributed by atoms with Gasteiger partial charge in [-0.05, 0) is 55.0 Å². The molecule has 1 heterocycles. The molecule has 1 aliphatic rings. The van der Waals surface area contributed by atoms with Crippen LogP contribution in [0.15, 0.2) is 66.7 Å². The van der Waals surface area contributed by atoms with E-state index in [9.17, 15) is 9.59 Å². The molecule has 0 bridgehead atoms. The number of para-hydroxylation sites is 2. The molecule has 0 unspecified atom stereocenters. The summed E-state index contributed by atoms with van der Waals surface area (Å²) in [6.45, 7) is 2.77. The van der Waals surface area contributed by atoms with Crippen LogP contribution < -0.4 is 25.0 Å². The zero-order valence-corrected chi connectivity index (χ0v) is 17.3. The molecule has 0 spiro atoms.